The molecule has 1 N–H and O–H groups in total. The van der Waals surface area contributed by atoms with E-state index in [1.54, 1.807) is 35.4 Å². The zero-order valence-corrected chi connectivity index (χ0v) is 24.3. The standard InChI is InChI=1S/C31H46F3N3O3/c1-30(2,3)40-29(39)37(26-19-17-25(18-20-26)27(38)28-35-22-23-36-28)24-16-14-12-10-8-6-4-5-7-9-11-13-15-21-31(32,33)34/h17-20,22-23H,4-16,21,24H2,1-3H3,(H,35,36). The summed E-state index contributed by atoms with van der Waals surface area (Å²) in [4.78, 5) is 33.9. The minimum absolute atomic E-state index is 0.208. The Kier molecular flexibility index (Phi) is 14.2. The lowest BCUT2D eigenvalue weighted by atomic mass is 10.0. The Hall–Kier alpha value is -2.84. The van der Waals surface area contributed by atoms with E-state index in [0.717, 1.165) is 51.4 Å². The second kappa shape index (κ2) is 17.1. The van der Waals surface area contributed by atoms with Gasteiger partial charge in [0.25, 0.3) is 0 Å². The van der Waals surface area contributed by atoms with Crippen molar-refractivity contribution in [2.24, 2.45) is 0 Å². The summed E-state index contributed by atoms with van der Waals surface area (Å²) in [5.41, 5.74) is 0.562. The van der Waals surface area contributed by atoms with Crippen molar-refractivity contribution in [2.75, 3.05) is 11.4 Å². The molecule has 0 saturated heterocycles. The first kappa shape index (κ1) is 33.4. The van der Waals surface area contributed by atoms with Crippen molar-refractivity contribution >= 4 is 17.6 Å². The van der Waals surface area contributed by atoms with Gasteiger partial charge in [-0.15, -0.1) is 0 Å². The van der Waals surface area contributed by atoms with Crippen molar-refractivity contribution in [3.8, 4) is 0 Å². The number of aromatic nitrogens is 2. The Morgan fingerprint density at radius 3 is 1.75 bits per heavy atom. The maximum absolute atomic E-state index is 12.9. The van der Waals surface area contributed by atoms with Crippen LogP contribution in [0.15, 0.2) is 36.7 Å². The number of amides is 1. The molecule has 40 heavy (non-hydrogen) atoms. The average Bonchev–Trinajstić information content (AvgIpc) is 3.42. The minimum Gasteiger partial charge on any atom is -0.443 e. The first-order valence-corrected chi connectivity index (χ1v) is 14.7. The van der Waals surface area contributed by atoms with Gasteiger partial charge in [-0.3, -0.25) is 9.69 Å². The summed E-state index contributed by atoms with van der Waals surface area (Å²) in [6.07, 6.45) is 10.8. The van der Waals surface area contributed by atoms with Crippen LogP contribution >= 0.6 is 0 Å². The second-order valence-corrected chi connectivity index (χ2v) is 11.4. The monoisotopic (exact) mass is 565 g/mol. The number of nitrogens with one attached hydrogen (secondary N) is 1. The number of hydrogen-bond donors (Lipinski definition) is 1. The third kappa shape index (κ3) is 14.0. The van der Waals surface area contributed by atoms with Crippen molar-refractivity contribution < 1.29 is 27.5 Å². The molecule has 2 rings (SSSR count). The number of aromatic amines is 1. The first-order chi connectivity index (χ1) is 19.0. The normalized spacial score (nSPS) is 11.9. The predicted molar refractivity (Wildman–Crippen MR) is 153 cm³/mol. The summed E-state index contributed by atoms with van der Waals surface area (Å²) >= 11 is 0. The number of nitrogens with zero attached hydrogens (tertiary/aromatic N) is 2. The average molecular weight is 566 g/mol. The number of carbonyl (C=O) groups is 2. The number of imidazole rings is 1. The minimum atomic E-state index is -4.02. The number of rotatable bonds is 18. The molecule has 0 spiro atoms. The number of hydrogen-bond acceptors (Lipinski definition) is 4. The van der Waals surface area contributed by atoms with Gasteiger partial charge in [-0.1, -0.05) is 70.6 Å². The van der Waals surface area contributed by atoms with Gasteiger partial charge in [-0.25, -0.2) is 9.78 Å². The maximum atomic E-state index is 12.9. The molecule has 2 aromatic rings. The van der Waals surface area contributed by atoms with Gasteiger partial charge in [0.15, 0.2) is 5.82 Å². The molecule has 0 aliphatic heterocycles. The van der Waals surface area contributed by atoms with Crippen LogP contribution in [-0.4, -0.2) is 40.2 Å². The van der Waals surface area contributed by atoms with Crippen molar-refractivity contribution in [1.29, 1.82) is 0 Å². The second-order valence-electron chi connectivity index (χ2n) is 11.4. The Morgan fingerprint density at radius 2 is 1.30 bits per heavy atom. The van der Waals surface area contributed by atoms with Gasteiger partial charge in [0.05, 0.1) is 0 Å². The molecule has 1 aromatic heterocycles. The van der Waals surface area contributed by atoms with Crippen LogP contribution in [0, 0.1) is 0 Å². The maximum Gasteiger partial charge on any atom is 0.414 e. The number of unbranched alkanes of at least 4 members (excludes halogenated alkanes) is 12. The van der Waals surface area contributed by atoms with Gasteiger partial charge in [0, 0.05) is 36.6 Å². The van der Waals surface area contributed by atoms with Crippen LogP contribution in [0.5, 0.6) is 0 Å². The number of ether oxygens (including phenoxy) is 1. The summed E-state index contributed by atoms with van der Waals surface area (Å²) in [5, 5.41) is 0. The first-order valence-electron chi connectivity index (χ1n) is 14.7. The molecule has 6 nitrogen and oxygen atoms in total. The van der Waals surface area contributed by atoms with Crippen molar-refractivity contribution in [1.82, 2.24) is 9.97 Å². The highest BCUT2D eigenvalue weighted by atomic mass is 19.4. The number of anilines is 1. The summed E-state index contributed by atoms with van der Waals surface area (Å²) in [6.45, 7) is 6.05. The lowest BCUT2D eigenvalue weighted by molar-refractivity contribution is -0.135. The van der Waals surface area contributed by atoms with E-state index in [9.17, 15) is 22.8 Å². The third-order valence-corrected chi connectivity index (χ3v) is 6.61. The topological polar surface area (TPSA) is 75.3 Å². The fourth-order valence-electron chi connectivity index (χ4n) is 4.50. The summed E-state index contributed by atoms with van der Waals surface area (Å²) in [7, 11) is 0. The number of halogens is 3. The van der Waals surface area contributed by atoms with E-state index in [4.69, 9.17) is 4.74 Å². The molecule has 0 atom stereocenters. The van der Waals surface area contributed by atoms with Gasteiger partial charge in [0.1, 0.15) is 5.60 Å². The van der Waals surface area contributed by atoms with Crippen LogP contribution in [0.2, 0.25) is 0 Å². The van der Waals surface area contributed by atoms with Gasteiger partial charge < -0.3 is 9.72 Å². The fraction of sp³-hybridized carbons (Fsp3) is 0.645. The van der Waals surface area contributed by atoms with E-state index >= 15 is 0 Å². The number of ketones is 1. The molecule has 224 valence electrons. The Morgan fingerprint density at radius 1 is 0.800 bits per heavy atom. The van der Waals surface area contributed by atoms with Crippen LogP contribution in [-0.2, 0) is 4.74 Å². The smallest absolute Gasteiger partial charge is 0.414 e. The summed E-state index contributed by atoms with van der Waals surface area (Å²) in [6, 6.07) is 6.93. The molecule has 1 aromatic carbocycles. The highest BCUT2D eigenvalue weighted by Gasteiger charge is 2.26. The van der Waals surface area contributed by atoms with Gasteiger partial charge in [0.2, 0.25) is 5.78 Å². The highest BCUT2D eigenvalue weighted by molar-refractivity contribution is 6.06. The predicted octanol–water partition coefficient (Wildman–Crippen LogP) is 9.41. The summed E-state index contributed by atoms with van der Waals surface area (Å²) < 4.78 is 42.0. The fourth-order valence-corrected chi connectivity index (χ4v) is 4.50. The van der Waals surface area contributed by atoms with Crippen LogP contribution in [0.4, 0.5) is 23.7 Å². The zero-order chi connectivity index (χ0) is 29.4. The lowest BCUT2D eigenvalue weighted by Gasteiger charge is -2.27. The lowest BCUT2D eigenvalue weighted by Crippen LogP contribution is -2.37. The van der Waals surface area contributed by atoms with E-state index in [1.807, 2.05) is 20.8 Å². The van der Waals surface area contributed by atoms with Gasteiger partial charge >= 0.3 is 12.3 Å². The molecular formula is C31H46F3N3O3. The van der Waals surface area contributed by atoms with Crippen LogP contribution in [0.3, 0.4) is 0 Å². The third-order valence-electron chi connectivity index (χ3n) is 6.61. The molecule has 1 heterocycles. The van der Waals surface area contributed by atoms with Crippen molar-refractivity contribution in [2.45, 2.75) is 122 Å². The van der Waals surface area contributed by atoms with Gasteiger partial charge in [-0.2, -0.15) is 13.2 Å². The quantitative estimate of drug-likeness (QED) is 0.144. The van der Waals surface area contributed by atoms with E-state index in [1.165, 1.54) is 25.5 Å². The number of alkyl halides is 3. The molecule has 0 unspecified atom stereocenters. The van der Waals surface area contributed by atoms with Crippen LogP contribution in [0.25, 0.3) is 0 Å². The largest absolute Gasteiger partial charge is 0.443 e. The number of H-pyrrole nitrogens is 1. The molecular weight excluding hydrogens is 519 g/mol. The van der Waals surface area contributed by atoms with Gasteiger partial charge in [-0.05, 0) is 57.9 Å². The molecule has 0 radical (unpaired) electrons. The molecule has 0 bridgehead atoms. The summed E-state index contributed by atoms with van der Waals surface area (Å²) in [5.74, 6) is 0.0651. The number of benzene rings is 1. The molecule has 0 fully saturated rings. The molecule has 0 aliphatic carbocycles. The van der Waals surface area contributed by atoms with Crippen LogP contribution in [0.1, 0.15) is 127 Å². The van der Waals surface area contributed by atoms with Crippen molar-refractivity contribution in [3.63, 3.8) is 0 Å². The highest BCUT2D eigenvalue weighted by Crippen LogP contribution is 2.24. The van der Waals surface area contributed by atoms with Crippen LogP contribution < -0.4 is 4.90 Å². The zero-order valence-electron chi connectivity index (χ0n) is 24.3. The van der Waals surface area contributed by atoms with Crippen molar-refractivity contribution in [3.05, 3.63) is 48.0 Å². The Balaban J connectivity index is 1.66. The SMILES string of the molecule is CC(C)(C)OC(=O)N(CCCCCCCCCCCCCCCC(F)(F)F)c1ccc(C(=O)c2ncc[nH]2)cc1. The van der Waals surface area contributed by atoms with E-state index in [2.05, 4.69) is 9.97 Å². The Bertz CT molecular complexity index is 984. The molecule has 1 amide bonds. The van der Waals surface area contributed by atoms with E-state index in [0.29, 0.717) is 24.2 Å². The molecule has 0 aliphatic rings. The van der Waals surface area contributed by atoms with E-state index < -0.39 is 24.3 Å². The molecule has 0 saturated carbocycles. The Labute approximate surface area is 237 Å². The molecule has 9 heteroatoms. The van der Waals surface area contributed by atoms with E-state index in [-0.39, 0.29) is 18.0 Å². The number of carbonyl (C=O) groups excluding carboxylic acids is 2.